The molecule has 3 aromatic carbocycles. The van der Waals surface area contributed by atoms with E-state index in [1.807, 2.05) is 48.5 Å². The van der Waals surface area contributed by atoms with Crippen molar-refractivity contribution in [3.63, 3.8) is 0 Å². The van der Waals surface area contributed by atoms with Crippen molar-refractivity contribution in [1.82, 2.24) is 15.1 Å². The third kappa shape index (κ3) is 7.29. The molecule has 0 radical (unpaired) electrons. The van der Waals surface area contributed by atoms with E-state index in [2.05, 4.69) is 27.2 Å². The highest BCUT2D eigenvalue weighted by Gasteiger charge is 2.45. The number of hydrogen-bond acceptors (Lipinski definition) is 3. The zero-order valence-corrected chi connectivity index (χ0v) is 24.6. The summed E-state index contributed by atoms with van der Waals surface area (Å²) >= 11 is 0. The van der Waals surface area contributed by atoms with Gasteiger partial charge in [0.15, 0.2) is 0 Å². The minimum Gasteiger partial charge on any atom is -0.349 e. The number of piperazine rings is 1. The molecule has 1 amide bonds. The van der Waals surface area contributed by atoms with E-state index in [1.165, 1.54) is 12.5 Å². The molecule has 1 aliphatic heterocycles. The second-order valence-electron chi connectivity index (χ2n) is 12.0. The van der Waals surface area contributed by atoms with Gasteiger partial charge in [0.1, 0.15) is 0 Å². The van der Waals surface area contributed by atoms with Gasteiger partial charge in [0, 0.05) is 38.8 Å². The third-order valence-electron chi connectivity index (χ3n) is 9.20. The van der Waals surface area contributed by atoms with Crippen LogP contribution in [0.1, 0.15) is 66.5 Å². The Morgan fingerprint density at radius 3 is 1.86 bits per heavy atom. The number of halogens is 6. The van der Waals surface area contributed by atoms with Crippen LogP contribution in [0.3, 0.4) is 0 Å². The normalized spacial score (nSPS) is 22.8. The minimum atomic E-state index is -4.96. The molecule has 2 aliphatic rings. The summed E-state index contributed by atoms with van der Waals surface area (Å²) in [5, 5.41) is 2.79. The summed E-state index contributed by atoms with van der Waals surface area (Å²) in [6.45, 7) is 6.08. The first kappa shape index (κ1) is 32.0. The predicted molar refractivity (Wildman–Crippen MR) is 157 cm³/mol. The van der Waals surface area contributed by atoms with Gasteiger partial charge in [-0.2, -0.15) is 26.3 Å². The highest BCUT2D eigenvalue weighted by molar-refractivity contribution is 5.88. The number of rotatable bonds is 7. The Kier molecular flexibility index (Phi) is 9.41. The Morgan fingerprint density at radius 1 is 0.818 bits per heavy atom. The molecule has 0 bridgehead atoms. The first-order valence-electron chi connectivity index (χ1n) is 15.0. The van der Waals surface area contributed by atoms with E-state index in [0.29, 0.717) is 31.0 Å². The predicted octanol–water partition coefficient (Wildman–Crippen LogP) is 7.60. The molecule has 0 spiro atoms. The van der Waals surface area contributed by atoms with E-state index in [-0.39, 0.29) is 17.5 Å². The average Bonchev–Trinajstić information content (AvgIpc) is 3.01. The molecule has 1 unspecified atom stereocenters. The standard InChI is InChI=1S/C34H37F6N3O/c1-24(26-20-28(33(35,36)37)22-29(21-26)34(38,39)40)41-31(44)32(27-10-6-3-7-11-27)14-12-30(13-15-32)43-18-16-42(17-19-43)23-25-8-4-2-5-9-25/h2-11,20-22,24,30H,12-19,23H2,1H3,(H,41,44)/t24?,30-,32-. The highest BCUT2D eigenvalue weighted by atomic mass is 19.4. The van der Waals surface area contributed by atoms with E-state index < -0.39 is 34.9 Å². The molecular formula is C34H37F6N3O. The summed E-state index contributed by atoms with van der Waals surface area (Å²) in [6, 6.07) is 20.3. The van der Waals surface area contributed by atoms with Gasteiger partial charge in [-0.15, -0.1) is 0 Å². The van der Waals surface area contributed by atoms with Crippen LogP contribution in [0.15, 0.2) is 78.9 Å². The van der Waals surface area contributed by atoms with Gasteiger partial charge in [-0.25, -0.2) is 0 Å². The maximum absolute atomic E-state index is 14.0. The molecule has 1 saturated carbocycles. The number of amides is 1. The molecule has 44 heavy (non-hydrogen) atoms. The number of nitrogens with zero attached hydrogens (tertiary/aromatic N) is 2. The van der Waals surface area contributed by atoms with Crippen LogP contribution < -0.4 is 5.32 Å². The van der Waals surface area contributed by atoms with Gasteiger partial charge in [-0.05, 0) is 67.5 Å². The van der Waals surface area contributed by atoms with Crippen LogP contribution in [-0.4, -0.2) is 47.9 Å². The van der Waals surface area contributed by atoms with Gasteiger partial charge in [0.2, 0.25) is 5.91 Å². The summed E-state index contributed by atoms with van der Waals surface area (Å²) in [5.74, 6) is -0.381. The lowest BCUT2D eigenvalue weighted by molar-refractivity contribution is -0.143. The van der Waals surface area contributed by atoms with Crippen LogP contribution in [0.25, 0.3) is 0 Å². The van der Waals surface area contributed by atoms with Gasteiger partial charge in [0.05, 0.1) is 22.6 Å². The number of alkyl halides is 6. The Hall–Kier alpha value is -3.37. The molecule has 1 saturated heterocycles. The van der Waals surface area contributed by atoms with Crippen molar-refractivity contribution in [2.45, 2.75) is 69.0 Å². The molecule has 3 aromatic rings. The summed E-state index contributed by atoms with van der Waals surface area (Å²) in [4.78, 5) is 18.9. The lowest BCUT2D eigenvalue weighted by Gasteiger charge is -2.45. The fourth-order valence-corrected chi connectivity index (χ4v) is 6.64. The number of carbonyl (C=O) groups is 1. The number of nitrogens with one attached hydrogen (secondary N) is 1. The molecule has 5 rings (SSSR count). The Morgan fingerprint density at radius 2 is 1.34 bits per heavy atom. The molecule has 1 N–H and O–H groups in total. The van der Waals surface area contributed by atoms with Crippen LogP contribution in [0, 0.1) is 0 Å². The second kappa shape index (κ2) is 12.9. The van der Waals surface area contributed by atoms with E-state index in [1.54, 1.807) is 0 Å². The van der Waals surface area contributed by atoms with Gasteiger partial charge < -0.3 is 5.32 Å². The Bertz CT molecular complexity index is 1360. The van der Waals surface area contributed by atoms with Crippen LogP contribution in [0.5, 0.6) is 0 Å². The minimum absolute atomic E-state index is 0.103. The summed E-state index contributed by atoms with van der Waals surface area (Å²) in [6.07, 6.45) is -7.34. The molecular weight excluding hydrogens is 580 g/mol. The van der Waals surface area contributed by atoms with Gasteiger partial charge >= 0.3 is 12.4 Å². The monoisotopic (exact) mass is 617 g/mol. The lowest BCUT2D eigenvalue weighted by Crippen LogP contribution is -2.54. The second-order valence-corrected chi connectivity index (χ2v) is 12.0. The largest absolute Gasteiger partial charge is 0.416 e. The van der Waals surface area contributed by atoms with Gasteiger partial charge in [-0.3, -0.25) is 14.6 Å². The van der Waals surface area contributed by atoms with Crippen LogP contribution in [0.4, 0.5) is 26.3 Å². The molecule has 236 valence electrons. The van der Waals surface area contributed by atoms with Crippen molar-refractivity contribution >= 4 is 5.91 Å². The van der Waals surface area contributed by atoms with Gasteiger partial charge in [-0.1, -0.05) is 60.7 Å². The number of hydrogen-bond donors (Lipinski definition) is 1. The van der Waals surface area contributed by atoms with E-state index in [4.69, 9.17) is 0 Å². The van der Waals surface area contributed by atoms with Crippen LogP contribution in [-0.2, 0) is 29.1 Å². The molecule has 4 nitrogen and oxygen atoms in total. The van der Waals surface area contributed by atoms with Crippen molar-refractivity contribution in [3.8, 4) is 0 Å². The third-order valence-corrected chi connectivity index (χ3v) is 9.20. The number of benzene rings is 3. The fraction of sp³-hybridized carbons (Fsp3) is 0.441. The smallest absolute Gasteiger partial charge is 0.349 e. The molecule has 1 heterocycles. The molecule has 2 fully saturated rings. The zero-order valence-electron chi connectivity index (χ0n) is 24.6. The van der Waals surface area contributed by atoms with Gasteiger partial charge in [0.25, 0.3) is 0 Å². The first-order valence-corrected chi connectivity index (χ1v) is 15.0. The summed E-state index contributed by atoms with van der Waals surface area (Å²) in [5.41, 5.74) is -1.89. The van der Waals surface area contributed by atoms with Crippen LogP contribution in [0.2, 0.25) is 0 Å². The van der Waals surface area contributed by atoms with Crippen LogP contribution >= 0.6 is 0 Å². The van der Waals surface area contributed by atoms with Crippen molar-refractivity contribution in [2.24, 2.45) is 0 Å². The average molecular weight is 618 g/mol. The SMILES string of the molecule is CC(NC(=O)[C@]1(c2ccccc2)CC[C@@H](N2CCN(Cc3ccccc3)CC2)CC1)c1cc(C(F)(F)F)cc(C(F)(F)F)c1. The van der Waals surface area contributed by atoms with E-state index in [0.717, 1.165) is 51.1 Å². The van der Waals surface area contributed by atoms with Crippen molar-refractivity contribution < 1.29 is 31.1 Å². The number of carbonyl (C=O) groups excluding carboxylic acids is 1. The van der Waals surface area contributed by atoms with E-state index in [9.17, 15) is 31.1 Å². The quantitative estimate of drug-likeness (QED) is 0.278. The van der Waals surface area contributed by atoms with Crippen molar-refractivity contribution in [2.75, 3.05) is 26.2 Å². The molecule has 1 atom stereocenters. The van der Waals surface area contributed by atoms with Crippen molar-refractivity contribution in [1.29, 1.82) is 0 Å². The Balaban J connectivity index is 1.29. The summed E-state index contributed by atoms with van der Waals surface area (Å²) in [7, 11) is 0. The summed E-state index contributed by atoms with van der Waals surface area (Å²) < 4.78 is 80.9. The van der Waals surface area contributed by atoms with Crippen molar-refractivity contribution in [3.05, 3.63) is 107 Å². The maximum atomic E-state index is 14.0. The topological polar surface area (TPSA) is 35.6 Å². The fourth-order valence-electron chi connectivity index (χ4n) is 6.64. The zero-order chi connectivity index (χ0) is 31.5. The lowest BCUT2D eigenvalue weighted by atomic mass is 9.67. The molecule has 10 heteroatoms. The van der Waals surface area contributed by atoms with E-state index >= 15 is 0 Å². The Labute approximate surface area is 254 Å². The molecule has 1 aliphatic carbocycles. The first-order chi connectivity index (χ1) is 20.8. The highest BCUT2D eigenvalue weighted by Crippen LogP contribution is 2.42. The molecule has 0 aromatic heterocycles. The maximum Gasteiger partial charge on any atom is 0.416 e.